The number of hydrogen-bond donors (Lipinski definition) is 2. The molecule has 13 heteroatoms. The van der Waals surface area contributed by atoms with Crippen LogP contribution in [0.3, 0.4) is 0 Å². The van der Waals surface area contributed by atoms with Gasteiger partial charge in [-0.1, -0.05) is 0 Å². The Morgan fingerprint density at radius 2 is 1.91 bits per heavy atom. The number of aromatic nitrogens is 4. The number of aryl methyl sites for hydroxylation is 2. The molecule has 0 saturated heterocycles. The highest BCUT2D eigenvalue weighted by molar-refractivity contribution is 5.94. The third-order valence-electron chi connectivity index (χ3n) is 7.73. The predicted molar refractivity (Wildman–Crippen MR) is 163 cm³/mol. The second kappa shape index (κ2) is 14.1. The summed E-state index contributed by atoms with van der Waals surface area (Å²) >= 11 is 0. The van der Waals surface area contributed by atoms with Gasteiger partial charge in [0.15, 0.2) is 11.5 Å². The fourth-order valence-electron chi connectivity index (χ4n) is 5.36. The second-order valence-electron chi connectivity index (χ2n) is 10.9. The third-order valence-corrected chi connectivity index (χ3v) is 7.73. The molecular formula is C32H36FN7O5. The number of carbonyl (C=O) groups is 3. The lowest BCUT2D eigenvalue weighted by Gasteiger charge is -2.23. The van der Waals surface area contributed by atoms with E-state index in [1.807, 2.05) is 13.8 Å². The molecule has 0 aliphatic carbocycles. The molecule has 2 aliphatic rings. The normalized spacial score (nSPS) is 14.9. The van der Waals surface area contributed by atoms with Crippen molar-refractivity contribution in [3.8, 4) is 17.2 Å². The molecule has 4 heterocycles. The zero-order chi connectivity index (χ0) is 31.9. The molecule has 0 spiro atoms. The van der Waals surface area contributed by atoms with Gasteiger partial charge in [-0.3, -0.25) is 14.4 Å². The average molecular weight is 618 g/mol. The van der Waals surface area contributed by atoms with Crippen LogP contribution < -0.4 is 20.1 Å². The van der Waals surface area contributed by atoms with Crippen molar-refractivity contribution < 1.29 is 28.2 Å². The summed E-state index contributed by atoms with van der Waals surface area (Å²) in [6.45, 7) is 5.04. The van der Waals surface area contributed by atoms with Crippen LogP contribution in [0.1, 0.15) is 58.6 Å². The Labute approximate surface area is 259 Å². The van der Waals surface area contributed by atoms with Crippen LogP contribution in [0.15, 0.2) is 42.7 Å². The number of halogens is 1. The summed E-state index contributed by atoms with van der Waals surface area (Å²) in [4.78, 5) is 49.4. The van der Waals surface area contributed by atoms with Crippen molar-refractivity contribution in [2.75, 3.05) is 26.7 Å². The quantitative estimate of drug-likeness (QED) is 0.354. The standard InChI is InChI=1S/C32H36FN7O5/c1-20-26(21(2)40-32(38-20)36-19-37-40)8-10-30(42)39-12-4-6-29(41)35-18-22-14-24(33)17-25(15-22)45-27-9-7-23(16-28(27)44-3)31(43)34-11-5-13-39/h7,9,14-17,19H,4-6,8,10-13,18H2,1-3H3,(H,34,43)(H,35,41). The molecule has 2 aromatic heterocycles. The molecule has 4 aromatic rings. The average Bonchev–Trinajstić information content (AvgIpc) is 3.49. The molecule has 0 atom stereocenters. The van der Waals surface area contributed by atoms with Gasteiger partial charge in [0.05, 0.1) is 7.11 Å². The van der Waals surface area contributed by atoms with Crippen molar-refractivity contribution in [2.24, 2.45) is 0 Å². The third kappa shape index (κ3) is 7.72. The Kier molecular flexibility index (Phi) is 9.86. The van der Waals surface area contributed by atoms with E-state index in [0.717, 1.165) is 17.0 Å². The van der Waals surface area contributed by atoms with Crippen LogP contribution in [0.2, 0.25) is 0 Å². The fourth-order valence-corrected chi connectivity index (χ4v) is 5.36. The predicted octanol–water partition coefficient (Wildman–Crippen LogP) is 3.67. The second-order valence-corrected chi connectivity index (χ2v) is 10.9. The highest BCUT2D eigenvalue weighted by atomic mass is 19.1. The molecule has 2 aliphatic heterocycles. The molecule has 4 bridgehead atoms. The molecule has 3 amide bonds. The lowest BCUT2D eigenvalue weighted by Crippen LogP contribution is -2.36. The molecule has 2 N–H and O–H groups in total. The maximum atomic E-state index is 14.4. The monoisotopic (exact) mass is 617 g/mol. The van der Waals surface area contributed by atoms with E-state index in [1.165, 1.54) is 25.6 Å². The van der Waals surface area contributed by atoms with E-state index < -0.39 is 5.82 Å². The largest absolute Gasteiger partial charge is 0.493 e. The smallest absolute Gasteiger partial charge is 0.252 e. The van der Waals surface area contributed by atoms with Gasteiger partial charge in [0.1, 0.15) is 17.9 Å². The molecule has 0 radical (unpaired) electrons. The van der Waals surface area contributed by atoms with Gasteiger partial charge in [-0.2, -0.15) is 10.1 Å². The number of hydrogen-bond acceptors (Lipinski definition) is 8. The first-order chi connectivity index (χ1) is 21.7. The molecule has 2 aromatic carbocycles. The van der Waals surface area contributed by atoms with Gasteiger partial charge in [0.2, 0.25) is 11.8 Å². The first-order valence-corrected chi connectivity index (χ1v) is 14.9. The van der Waals surface area contributed by atoms with Crippen LogP contribution in [-0.2, 0) is 22.6 Å². The summed E-state index contributed by atoms with van der Waals surface area (Å²) in [7, 11) is 1.45. The van der Waals surface area contributed by atoms with Crippen molar-refractivity contribution in [3.63, 3.8) is 0 Å². The number of methoxy groups -OCH3 is 1. The summed E-state index contributed by atoms with van der Waals surface area (Å²) in [5.41, 5.74) is 3.51. The highest BCUT2D eigenvalue weighted by Crippen LogP contribution is 2.33. The van der Waals surface area contributed by atoms with Gasteiger partial charge < -0.3 is 25.0 Å². The van der Waals surface area contributed by atoms with Gasteiger partial charge in [-0.05, 0) is 74.6 Å². The Balaban J connectivity index is 1.31. The number of benzene rings is 2. The fraction of sp³-hybridized carbons (Fsp3) is 0.375. The van der Waals surface area contributed by atoms with Gasteiger partial charge >= 0.3 is 0 Å². The van der Waals surface area contributed by atoms with Crippen molar-refractivity contribution in [2.45, 2.75) is 52.5 Å². The molecule has 236 valence electrons. The number of ether oxygens (including phenoxy) is 2. The van der Waals surface area contributed by atoms with Crippen molar-refractivity contribution in [1.82, 2.24) is 35.1 Å². The minimum atomic E-state index is -0.523. The summed E-state index contributed by atoms with van der Waals surface area (Å²) in [6, 6.07) is 8.91. The maximum Gasteiger partial charge on any atom is 0.252 e. The topological polar surface area (TPSA) is 140 Å². The van der Waals surface area contributed by atoms with Crippen molar-refractivity contribution >= 4 is 23.5 Å². The molecule has 0 unspecified atom stereocenters. The number of carbonyl (C=O) groups excluding carboxylic acids is 3. The molecular weight excluding hydrogens is 581 g/mol. The Morgan fingerprint density at radius 1 is 1.09 bits per heavy atom. The zero-order valence-electron chi connectivity index (χ0n) is 25.6. The van der Waals surface area contributed by atoms with Crippen molar-refractivity contribution in [3.05, 3.63) is 76.6 Å². The van der Waals surface area contributed by atoms with Gasteiger partial charge in [0, 0.05) is 62.0 Å². The lowest BCUT2D eigenvalue weighted by atomic mass is 10.1. The number of nitrogens with zero attached hydrogens (tertiary/aromatic N) is 5. The van der Waals surface area contributed by atoms with E-state index in [0.29, 0.717) is 67.3 Å². The van der Waals surface area contributed by atoms with Gasteiger partial charge in [0.25, 0.3) is 11.7 Å². The van der Waals surface area contributed by atoms with Gasteiger partial charge in [-0.15, -0.1) is 0 Å². The van der Waals surface area contributed by atoms with Crippen LogP contribution in [0.5, 0.6) is 17.2 Å². The number of rotatable bonds is 4. The van der Waals surface area contributed by atoms with E-state index in [9.17, 15) is 18.8 Å². The van der Waals surface area contributed by atoms with Crippen LogP contribution >= 0.6 is 0 Å². The summed E-state index contributed by atoms with van der Waals surface area (Å²) in [6.07, 6.45) is 3.32. The van der Waals surface area contributed by atoms with E-state index in [-0.39, 0.29) is 42.9 Å². The summed E-state index contributed by atoms with van der Waals surface area (Å²) < 4.78 is 27.4. The Morgan fingerprint density at radius 3 is 2.73 bits per heavy atom. The van der Waals surface area contributed by atoms with Crippen LogP contribution in [-0.4, -0.2) is 68.9 Å². The Bertz CT molecular complexity index is 1720. The van der Waals surface area contributed by atoms with E-state index in [4.69, 9.17) is 9.47 Å². The lowest BCUT2D eigenvalue weighted by molar-refractivity contribution is -0.131. The van der Waals surface area contributed by atoms with Crippen LogP contribution in [0.4, 0.5) is 4.39 Å². The van der Waals surface area contributed by atoms with Crippen LogP contribution in [0, 0.1) is 19.7 Å². The Hall–Kier alpha value is -5.07. The van der Waals surface area contributed by atoms with Crippen LogP contribution in [0.25, 0.3) is 5.78 Å². The maximum absolute atomic E-state index is 14.4. The van der Waals surface area contributed by atoms with Crippen molar-refractivity contribution in [1.29, 1.82) is 0 Å². The number of nitrogens with one attached hydrogen (secondary N) is 2. The molecule has 12 nitrogen and oxygen atoms in total. The SMILES string of the molecule is COc1cc2ccc1Oc1cc(F)cc(c1)CNC(=O)CCCN(C(=O)CCc1c(C)nc3ncnn3c1C)CCCNC2=O. The summed E-state index contributed by atoms with van der Waals surface area (Å²) in [5.74, 6) is 0.238. The molecule has 6 rings (SSSR count). The van der Waals surface area contributed by atoms with E-state index in [1.54, 1.807) is 33.7 Å². The van der Waals surface area contributed by atoms with E-state index >= 15 is 0 Å². The first kappa shape index (κ1) is 31.4. The van der Waals surface area contributed by atoms with E-state index in [2.05, 4.69) is 25.7 Å². The highest BCUT2D eigenvalue weighted by Gasteiger charge is 2.18. The number of amides is 3. The minimum Gasteiger partial charge on any atom is -0.493 e. The van der Waals surface area contributed by atoms with Gasteiger partial charge in [-0.25, -0.2) is 13.9 Å². The molecule has 45 heavy (non-hydrogen) atoms. The minimum absolute atomic E-state index is 0.0611. The summed E-state index contributed by atoms with van der Waals surface area (Å²) in [5, 5.41) is 9.93. The zero-order valence-corrected chi connectivity index (χ0v) is 25.6. The first-order valence-electron chi connectivity index (χ1n) is 14.9. The number of fused-ring (bicyclic) bond motifs is 14. The molecule has 0 fully saturated rings. The molecule has 0 saturated carbocycles.